The third kappa shape index (κ3) is 2.94. The van der Waals surface area contributed by atoms with Gasteiger partial charge >= 0.3 is 5.97 Å². The second-order valence-corrected chi connectivity index (χ2v) is 3.38. The fraction of sp³-hybridized carbons (Fsp3) is 0.500. The summed E-state index contributed by atoms with van der Waals surface area (Å²) in [5.74, 6) is 0.584. The largest absolute Gasteiger partial charge is 0.481 e. The lowest BCUT2D eigenvalue weighted by Gasteiger charge is -1.91. The van der Waals surface area contributed by atoms with Crippen LogP contribution >= 0.6 is 11.8 Å². The average molecular weight is 202 g/mol. The molecule has 0 radical (unpaired) electrons. The number of nitrogen functional groups attached to an aromatic ring is 1. The van der Waals surface area contributed by atoms with E-state index in [1.165, 1.54) is 16.4 Å². The van der Waals surface area contributed by atoms with E-state index in [0.717, 1.165) is 0 Å². The van der Waals surface area contributed by atoms with Crippen molar-refractivity contribution in [1.82, 2.24) is 14.8 Å². The van der Waals surface area contributed by atoms with Crippen LogP contribution in [0.15, 0.2) is 0 Å². The molecular formula is C6H10N4O2S. The van der Waals surface area contributed by atoms with Crippen LogP contribution in [0.2, 0.25) is 0 Å². The van der Waals surface area contributed by atoms with Crippen molar-refractivity contribution in [3.63, 3.8) is 0 Å². The molecule has 0 aliphatic heterocycles. The van der Waals surface area contributed by atoms with Crippen LogP contribution in [0, 0.1) is 0 Å². The summed E-state index contributed by atoms with van der Waals surface area (Å²) in [5.41, 5.74) is 5.44. The highest BCUT2D eigenvalue weighted by molar-refractivity contribution is 7.99. The summed E-state index contributed by atoms with van der Waals surface area (Å²) >= 11 is 1.24. The fourth-order valence-corrected chi connectivity index (χ4v) is 1.32. The highest BCUT2D eigenvalue weighted by Crippen LogP contribution is 2.08. The Labute approximate surface area is 79.1 Å². The molecule has 0 saturated carbocycles. The lowest BCUT2D eigenvalue weighted by atomic mass is 10.7. The zero-order valence-electron chi connectivity index (χ0n) is 7.10. The number of thioether (sulfide) groups is 1. The first kappa shape index (κ1) is 9.85. The predicted octanol–water partition coefficient (Wildman–Crippen LogP) is -0.285. The van der Waals surface area contributed by atoms with E-state index in [1.807, 2.05) is 0 Å². The van der Waals surface area contributed by atoms with Crippen molar-refractivity contribution in [2.45, 2.75) is 5.75 Å². The maximum absolute atomic E-state index is 10.2. The summed E-state index contributed by atoms with van der Waals surface area (Å²) in [6.45, 7) is 0. The van der Waals surface area contributed by atoms with Crippen LogP contribution in [0.1, 0.15) is 5.82 Å². The van der Waals surface area contributed by atoms with Gasteiger partial charge in [-0.25, -0.2) is 4.68 Å². The Balaban J connectivity index is 2.41. The average Bonchev–Trinajstić information content (AvgIpc) is 2.30. The highest BCUT2D eigenvalue weighted by atomic mass is 32.2. The summed E-state index contributed by atoms with van der Waals surface area (Å²) in [4.78, 5) is 14.1. The molecule has 0 amide bonds. The molecule has 0 spiro atoms. The molecule has 0 unspecified atom stereocenters. The first-order chi connectivity index (χ1) is 6.09. The van der Waals surface area contributed by atoms with Gasteiger partial charge in [-0.15, -0.1) is 11.8 Å². The minimum atomic E-state index is -0.839. The first-order valence-corrected chi connectivity index (χ1v) is 4.70. The van der Waals surface area contributed by atoms with Gasteiger partial charge in [-0.2, -0.15) is 10.1 Å². The van der Waals surface area contributed by atoms with Gasteiger partial charge < -0.3 is 10.8 Å². The van der Waals surface area contributed by atoms with Gasteiger partial charge in [0.25, 0.3) is 0 Å². The third-order valence-corrected chi connectivity index (χ3v) is 2.21. The number of rotatable bonds is 4. The molecule has 0 bridgehead atoms. The summed E-state index contributed by atoms with van der Waals surface area (Å²) < 4.78 is 1.46. The SMILES string of the molecule is Cn1nc(CSCC(=O)O)nc1N. The van der Waals surface area contributed by atoms with Crippen LogP contribution in [0.4, 0.5) is 5.95 Å². The Morgan fingerprint density at radius 3 is 2.92 bits per heavy atom. The van der Waals surface area contributed by atoms with Gasteiger partial charge in [0.2, 0.25) is 5.95 Å². The van der Waals surface area contributed by atoms with Gasteiger partial charge in [0.05, 0.1) is 11.5 Å². The zero-order chi connectivity index (χ0) is 9.84. The standard InChI is InChI=1S/C6H10N4O2S/c1-10-6(7)8-4(9-10)2-13-3-5(11)12/h2-3H2,1H3,(H,11,12)(H2,7,8,9). The molecule has 6 nitrogen and oxygen atoms in total. The first-order valence-electron chi connectivity index (χ1n) is 3.54. The molecular weight excluding hydrogens is 192 g/mol. The van der Waals surface area contributed by atoms with Crippen molar-refractivity contribution in [2.24, 2.45) is 7.05 Å². The lowest BCUT2D eigenvalue weighted by molar-refractivity contribution is -0.133. The van der Waals surface area contributed by atoms with Gasteiger partial charge in [-0.05, 0) is 0 Å². The van der Waals surface area contributed by atoms with Gasteiger partial charge in [-0.1, -0.05) is 0 Å². The van der Waals surface area contributed by atoms with E-state index in [1.54, 1.807) is 7.05 Å². The van der Waals surface area contributed by atoms with Crippen LogP contribution in [0.5, 0.6) is 0 Å². The quantitative estimate of drug-likeness (QED) is 0.697. The fourth-order valence-electron chi connectivity index (χ4n) is 0.742. The third-order valence-electron chi connectivity index (χ3n) is 1.30. The van der Waals surface area contributed by atoms with Crippen molar-refractivity contribution in [1.29, 1.82) is 0 Å². The molecule has 0 atom stereocenters. The molecule has 1 heterocycles. The van der Waals surface area contributed by atoms with Gasteiger partial charge in [-0.3, -0.25) is 4.79 Å². The molecule has 0 fully saturated rings. The molecule has 1 aromatic heterocycles. The van der Waals surface area contributed by atoms with E-state index in [-0.39, 0.29) is 5.75 Å². The molecule has 13 heavy (non-hydrogen) atoms. The maximum Gasteiger partial charge on any atom is 0.313 e. The maximum atomic E-state index is 10.2. The summed E-state index contributed by atoms with van der Waals surface area (Å²) in [7, 11) is 1.69. The minimum absolute atomic E-state index is 0.0537. The van der Waals surface area contributed by atoms with E-state index in [2.05, 4.69) is 10.1 Å². The Morgan fingerprint density at radius 1 is 1.77 bits per heavy atom. The number of hydrogen-bond acceptors (Lipinski definition) is 5. The number of carbonyl (C=O) groups is 1. The number of anilines is 1. The van der Waals surface area contributed by atoms with Crippen molar-refractivity contribution in [2.75, 3.05) is 11.5 Å². The molecule has 7 heteroatoms. The zero-order valence-corrected chi connectivity index (χ0v) is 7.91. The molecule has 3 N–H and O–H groups in total. The van der Waals surface area contributed by atoms with E-state index in [0.29, 0.717) is 17.5 Å². The summed E-state index contributed by atoms with van der Waals surface area (Å²) in [6.07, 6.45) is 0. The van der Waals surface area contributed by atoms with E-state index < -0.39 is 5.97 Å². The van der Waals surface area contributed by atoms with Crippen molar-refractivity contribution < 1.29 is 9.90 Å². The molecule has 0 saturated heterocycles. The smallest absolute Gasteiger partial charge is 0.313 e. The van der Waals surface area contributed by atoms with Crippen LogP contribution in [0.25, 0.3) is 0 Å². The Morgan fingerprint density at radius 2 is 2.46 bits per heavy atom. The van der Waals surface area contributed by atoms with Crippen LogP contribution in [0.3, 0.4) is 0 Å². The number of carboxylic acids is 1. The van der Waals surface area contributed by atoms with Crippen LogP contribution in [-0.2, 0) is 17.6 Å². The Bertz CT molecular complexity index is 292. The minimum Gasteiger partial charge on any atom is -0.481 e. The molecule has 72 valence electrons. The van der Waals surface area contributed by atoms with E-state index in [9.17, 15) is 4.79 Å². The van der Waals surface area contributed by atoms with Gasteiger partial charge in [0.15, 0.2) is 5.82 Å². The number of aliphatic carboxylic acids is 1. The summed E-state index contributed by atoms with van der Waals surface area (Å²) in [6, 6.07) is 0. The number of aromatic nitrogens is 3. The monoisotopic (exact) mass is 202 g/mol. The van der Waals surface area contributed by atoms with Crippen molar-refractivity contribution in [3.8, 4) is 0 Å². The Hall–Kier alpha value is -1.24. The van der Waals surface area contributed by atoms with E-state index >= 15 is 0 Å². The van der Waals surface area contributed by atoms with Crippen molar-refractivity contribution >= 4 is 23.7 Å². The van der Waals surface area contributed by atoms with Crippen LogP contribution in [-0.4, -0.2) is 31.6 Å². The predicted molar refractivity (Wildman–Crippen MR) is 49.2 cm³/mol. The molecule has 1 rings (SSSR count). The van der Waals surface area contributed by atoms with Gasteiger partial charge in [0.1, 0.15) is 0 Å². The van der Waals surface area contributed by atoms with Gasteiger partial charge in [0, 0.05) is 7.05 Å². The van der Waals surface area contributed by atoms with E-state index in [4.69, 9.17) is 10.8 Å². The number of carboxylic acid groups (broad SMARTS) is 1. The van der Waals surface area contributed by atoms with Crippen molar-refractivity contribution in [3.05, 3.63) is 5.82 Å². The second kappa shape index (κ2) is 4.13. The topological polar surface area (TPSA) is 94.0 Å². The highest BCUT2D eigenvalue weighted by Gasteiger charge is 2.04. The second-order valence-electron chi connectivity index (χ2n) is 2.40. The molecule has 0 aromatic carbocycles. The Kier molecular flexibility index (Phi) is 3.13. The lowest BCUT2D eigenvalue weighted by Crippen LogP contribution is -1.99. The normalized spacial score (nSPS) is 10.2. The number of nitrogens with zero attached hydrogens (tertiary/aromatic N) is 3. The number of aryl methyl sites for hydroxylation is 1. The van der Waals surface area contributed by atoms with Crippen LogP contribution < -0.4 is 5.73 Å². The molecule has 1 aromatic rings. The summed E-state index contributed by atoms with van der Waals surface area (Å²) in [5, 5.41) is 12.3. The molecule has 0 aliphatic carbocycles. The number of hydrogen-bond donors (Lipinski definition) is 2. The number of nitrogens with two attached hydrogens (primary N) is 1. The molecule has 0 aliphatic rings.